The highest BCUT2D eigenvalue weighted by molar-refractivity contribution is 6.17. The van der Waals surface area contributed by atoms with Gasteiger partial charge in [0, 0.05) is 12.6 Å². The Morgan fingerprint density at radius 1 is 1.62 bits per heavy atom. The zero-order valence-corrected chi connectivity index (χ0v) is 8.80. The lowest BCUT2D eigenvalue weighted by Crippen LogP contribution is -2.24. The Morgan fingerprint density at radius 3 is 2.69 bits per heavy atom. The van der Waals surface area contributed by atoms with E-state index in [4.69, 9.17) is 11.6 Å². The number of halogens is 1. The molecule has 1 heterocycles. The van der Waals surface area contributed by atoms with Gasteiger partial charge < -0.3 is 0 Å². The number of alkyl halides is 1. The molecule has 1 aromatic rings. The van der Waals surface area contributed by atoms with Crippen LogP contribution in [0.2, 0.25) is 0 Å². The Labute approximate surface area is 82.3 Å². The van der Waals surface area contributed by atoms with E-state index < -0.39 is 0 Å². The van der Waals surface area contributed by atoms with Crippen molar-refractivity contribution in [3.05, 3.63) is 27.7 Å². The number of aryl methyl sites for hydroxylation is 1. The fraction of sp³-hybridized carbons (Fsp3) is 0.556. The first kappa shape index (κ1) is 10.3. The van der Waals surface area contributed by atoms with Crippen LogP contribution in [-0.2, 0) is 12.9 Å². The lowest BCUT2D eigenvalue weighted by molar-refractivity contribution is 0.646. The van der Waals surface area contributed by atoms with Crippen LogP contribution in [-0.4, -0.2) is 9.78 Å². The van der Waals surface area contributed by atoms with Crippen molar-refractivity contribution in [1.82, 2.24) is 9.78 Å². The lowest BCUT2D eigenvalue weighted by Gasteiger charge is -2.07. The Kier molecular flexibility index (Phi) is 3.09. The van der Waals surface area contributed by atoms with Gasteiger partial charge in [0.05, 0.1) is 11.6 Å². The number of hydrogen-bond acceptors (Lipinski definition) is 2. The van der Waals surface area contributed by atoms with E-state index in [9.17, 15) is 4.79 Å². The van der Waals surface area contributed by atoms with Crippen LogP contribution < -0.4 is 5.56 Å². The van der Waals surface area contributed by atoms with E-state index in [0.29, 0.717) is 11.5 Å². The van der Waals surface area contributed by atoms with E-state index in [1.165, 1.54) is 4.68 Å². The maximum atomic E-state index is 11.4. The first-order valence-corrected chi connectivity index (χ1v) is 4.72. The molecule has 0 aliphatic carbocycles. The quantitative estimate of drug-likeness (QED) is 0.681. The average molecular weight is 201 g/mol. The summed E-state index contributed by atoms with van der Waals surface area (Å²) in [4.78, 5) is 11.4. The molecule has 0 saturated carbocycles. The van der Waals surface area contributed by atoms with Crippen molar-refractivity contribution in [2.75, 3.05) is 0 Å². The first-order valence-electron chi connectivity index (χ1n) is 4.19. The van der Waals surface area contributed by atoms with Crippen molar-refractivity contribution in [3.8, 4) is 0 Å². The van der Waals surface area contributed by atoms with Crippen molar-refractivity contribution in [3.63, 3.8) is 0 Å². The van der Waals surface area contributed by atoms with Crippen LogP contribution in [0.15, 0.2) is 10.9 Å². The third kappa shape index (κ3) is 2.10. The lowest BCUT2D eigenvalue weighted by atomic mass is 10.1. The van der Waals surface area contributed by atoms with Crippen molar-refractivity contribution < 1.29 is 0 Å². The van der Waals surface area contributed by atoms with Gasteiger partial charge in [-0.25, -0.2) is 4.68 Å². The SMILES string of the molecule is CC(C)c1cc(CCl)c(=O)n(C)n1. The number of aromatic nitrogens is 2. The monoisotopic (exact) mass is 200 g/mol. The molecule has 13 heavy (non-hydrogen) atoms. The molecule has 0 spiro atoms. The highest BCUT2D eigenvalue weighted by Gasteiger charge is 2.07. The molecule has 0 unspecified atom stereocenters. The van der Waals surface area contributed by atoms with Crippen LogP contribution in [0.3, 0.4) is 0 Å². The predicted molar refractivity (Wildman–Crippen MR) is 53.1 cm³/mol. The molecule has 1 rings (SSSR count). The van der Waals surface area contributed by atoms with Crippen LogP contribution in [0.5, 0.6) is 0 Å². The van der Waals surface area contributed by atoms with Crippen molar-refractivity contribution in [2.24, 2.45) is 7.05 Å². The average Bonchev–Trinajstić information content (AvgIpc) is 2.09. The van der Waals surface area contributed by atoms with E-state index in [-0.39, 0.29) is 11.4 Å². The topological polar surface area (TPSA) is 34.9 Å². The number of hydrogen-bond donors (Lipinski definition) is 0. The summed E-state index contributed by atoms with van der Waals surface area (Å²) >= 11 is 5.64. The summed E-state index contributed by atoms with van der Waals surface area (Å²) in [6.07, 6.45) is 0. The molecule has 0 bridgehead atoms. The molecular weight excluding hydrogens is 188 g/mol. The van der Waals surface area contributed by atoms with E-state index in [2.05, 4.69) is 5.10 Å². The van der Waals surface area contributed by atoms with E-state index in [1.54, 1.807) is 13.1 Å². The van der Waals surface area contributed by atoms with Gasteiger partial charge in [0.1, 0.15) is 0 Å². The molecule has 0 aliphatic rings. The van der Waals surface area contributed by atoms with Crippen LogP contribution in [0.4, 0.5) is 0 Å². The molecule has 0 radical (unpaired) electrons. The van der Waals surface area contributed by atoms with Gasteiger partial charge in [-0.15, -0.1) is 11.6 Å². The van der Waals surface area contributed by atoms with Crippen LogP contribution in [0, 0.1) is 0 Å². The van der Waals surface area contributed by atoms with E-state index >= 15 is 0 Å². The molecule has 0 atom stereocenters. The minimum atomic E-state index is -0.112. The fourth-order valence-corrected chi connectivity index (χ4v) is 1.26. The van der Waals surface area contributed by atoms with Gasteiger partial charge >= 0.3 is 0 Å². The Morgan fingerprint density at radius 2 is 2.23 bits per heavy atom. The fourth-order valence-electron chi connectivity index (χ4n) is 1.07. The second-order valence-electron chi connectivity index (χ2n) is 3.31. The first-order chi connectivity index (χ1) is 6.06. The molecule has 1 aromatic heterocycles. The van der Waals surface area contributed by atoms with Crippen molar-refractivity contribution >= 4 is 11.6 Å². The van der Waals surface area contributed by atoms with Gasteiger partial charge in [0.15, 0.2) is 0 Å². The molecule has 4 heteroatoms. The predicted octanol–water partition coefficient (Wildman–Crippen LogP) is 1.64. The summed E-state index contributed by atoms with van der Waals surface area (Å²) in [6.45, 7) is 4.07. The third-order valence-electron chi connectivity index (χ3n) is 1.89. The maximum absolute atomic E-state index is 11.4. The van der Waals surface area contributed by atoms with Gasteiger partial charge in [-0.3, -0.25) is 4.79 Å². The molecule has 0 aromatic carbocycles. The number of rotatable bonds is 2. The van der Waals surface area contributed by atoms with E-state index in [1.807, 2.05) is 13.8 Å². The second kappa shape index (κ2) is 3.92. The van der Waals surface area contributed by atoms with Gasteiger partial charge in [0.25, 0.3) is 5.56 Å². The zero-order chi connectivity index (χ0) is 10.0. The van der Waals surface area contributed by atoms with Gasteiger partial charge in [0.2, 0.25) is 0 Å². The summed E-state index contributed by atoms with van der Waals surface area (Å²) in [6, 6.07) is 1.78. The normalized spacial score (nSPS) is 10.8. The molecule has 0 amide bonds. The van der Waals surface area contributed by atoms with E-state index in [0.717, 1.165) is 5.69 Å². The Balaban J connectivity index is 3.30. The van der Waals surface area contributed by atoms with Crippen LogP contribution >= 0.6 is 11.6 Å². The molecule has 0 N–H and O–H groups in total. The highest BCUT2D eigenvalue weighted by Crippen LogP contribution is 2.10. The minimum absolute atomic E-state index is 0.112. The summed E-state index contributed by atoms with van der Waals surface area (Å²) in [5, 5.41) is 4.13. The summed E-state index contributed by atoms with van der Waals surface area (Å²) < 4.78 is 1.34. The van der Waals surface area contributed by atoms with Gasteiger partial charge in [-0.2, -0.15) is 5.10 Å². The molecule has 0 saturated heterocycles. The molecular formula is C9H13ClN2O. The standard InChI is InChI=1S/C9H13ClN2O/c1-6(2)8-4-7(5-10)9(13)12(3)11-8/h4,6H,5H2,1-3H3. The molecule has 0 fully saturated rings. The molecule has 0 aliphatic heterocycles. The van der Waals surface area contributed by atoms with Crippen molar-refractivity contribution in [1.29, 1.82) is 0 Å². The van der Waals surface area contributed by atoms with Gasteiger partial charge in [-0.05, 0) is 12.0 Å². The highest BCUT2D eigenvalue weighted by atomic mass is 35.5. The van der Waals surface area contributed by atoms with Gasteiger partial charge in [-0.1, -0.05) is 13.8 Å². The zero-order valence-electron chi connectivity index (χ0n) is 8.04. The van der Waals surface area contributed by atoms with Crippen LogP contribution in [0.25, 0.3) is 0 Å². The minimum Gasteiger partial charge on any atom is -0.267 e. The summed E-state index contributed by atoms with van der Waals surface area (Å²) in [5.41, 5.74) is 1.40. The Hall–Kier alpha value is -0.830. The summed E-state index contributed by atoms with van der Waals surface area (Å²) in [5.74, 6) is 0.559. The molecule has 3 nitrogen and oxygen atoms in total. The maximum Gasteiger partial charge on any atom is 0.270 e. The summed E-state index contributed by atoms with van der Waals surface area (Å²) in [7, 11) is 1.64. The van der Waals surface area contributed by atoms with Crippen molar-refractivity contribution in [2.45, 2.75) is 25.6 Å². The smallest absolute Gasteiger partial charge is 0.267 e. The Bertz CT molecular complexity index is 357. The largest absolute Gasteiger partial charge is 0.270 e. The second-order valence-corrected chi connectivity index (χ2v) is 3.58. The third-order valence-corrected chi connectivity index (χ3v) is 2.18. The number of nitrogens with zero attached hydrogens (tertiary/aromatic N) is 2. The molecule has 72 valence electrons. The van der Waals surface area contributed by atoms with Crippen LogP contribution in [0.1, 0.15) is 31.0 Å².